The summed E-state index contributed by atoms with van der Waals surface area (Å²) in [6.45, 7) is 1.54. The highest BCUT2D eigenvalue weighted by atomic mass is 35.5. The molecule has 0 radical (unpaired) electrons. The van der Waals surface area contributed by atoms with Crippen LogP contribution in [-0.2, 0) is 0 Å². The van der Waals surface area contributed by atoms with E-state index in [0.29, 0.717) is 25.2 Å². The van der Waals surface area contributed by atoms with Gasteiger partial charge in [-0.25, -0.2) is 4.79 Å². The van der Waals surface area contributed by atoms with Crippen LogP contribution >= 0.6 is 11.6 Å². The molecule has 0 spiro atoms. The molecule has 15 heavy (non-hydrogen) atoms. The molecular formula is C8H14ClN5O. The van der Waals surface area contributed by atoms with E-state index in [9.17, 15) is 4.79 Å². The number of nitrogens with two attached hydrogens (primary N) is 3. The first-order valence-corrected chi connectivity index (χ1v) is 4.78. The lowest BCUT2D eigenvalue weighted by atomic mass is 10.2. The Kier molecular flexibility index (Phi) is 3.68. The van der Waals surface area contributed by atoms with Crippen molar-refractivity contribution in [1.29, 1.82) is 0 Å². The number of amides is 2. The molecule has 1 aliphatic rings. The van der Waals surface area contributed by atoms with Crippen LogP contribution in [0.25, 0.3) is 0 Å². The number of nitrogens with zero attached hydrogens (tertiary/aromatic N) is 1. The normalized spacial score (nSPS) is 17.1. The molecular weight excluding hydrogens is 218 g/mol. The smallest absolute Gasteiger partial charge is 0.317 e. The van der Waals surface area contributed by atoms with Gasteiger partial charge in [-0.15, -0.1) is 0 Å². The van der Waals surface area contributed by atoms with Gasteiger partial charge < -0.3 is 27.4 Å². The Morgan fingerprint density at radius 3 is 2.60 bits per heavy atom. The van der Waals surface area contributed by atoms with Crippen LogP contribution in [0.15, 0.2) is 22.6 Å². The average Bonchev–Trinajstić information content (AvgIpc) is 2.50. The van der Waals surface area contributed by atoms with Crippen LogP contribution < -0.4 is 22.5 Å². The number of hydrogen-bond donors (Lipinski definition) is 4. The fourth-order valence-corrected chi connectivity index (χ4v) is 1.37. The summed E-state index contributed by atoms with van der Waals surface area (Å²) in [5.74, 6) is 0.105. The zero-order chi connectivity index (χ0) is 11.4. The third kappa shape index (κ3) is 3.25. The van der Waals surface area contributed by atoms with Gasteiger partial charge >= 0.3 is 6.03 Å². The Morgan fingerprint density at radius 1 is 1.53 bits per heavy atom. The van der Waals surface area contributed by atoms with Gasteiger partial charge in [-0.1, -0.05) is 11.6 Å². The highest BCUT2D eigenvalue weighted by Crippen LogP contribution is 2.10. The molecule has 0 aromatic heterocycles. The van der Waals surface area contributed by atoms with Crippen molar-refractivity contribution in [3.8, 4) is 0 Å². The molecule has 7 N–H and O–H groups in total. The highest BCUT2D eigenvalue weighted by molar-refractivity contribution is 6.29. The standard InChI is InChI=1S/C8H14ClN5O/c9-7(12)5(3-6(10)11)4-14-2-1-13-8(14)15/h3H,1-2,4,10-12H2,(H,13,15)/b7-5+. The summed E-state index contributed by atoms with van der Waals surface area (Å²) in [5.41, 5.74) is 16.6. The summed E-state index contributed by atoms with van der Waals surface area (Å²) in [6, 6.07) is -0.144. The number of hydrogen-bond acceptors (Lipinski definition) is 4. The van der Waals surface area contributed by atoms with E-state index >= 15 is 0 Å². The third-order valence-corrected chi connectivity index (χ3v) is 2.20. The number of carbonyl (C=O) groups excluding carboxylic acids is 1. The predicted molar refractivity (Wildman–Crippen MR) is 58.5 cm³/mol. The fourth-order valence-electron chi connectivity index (χ4n) is 1.26. The van der Waals surface area contributed by atoms with Gasteiger partial charge in [-0.2, -0.15) is 0 Å². The van der Waals surface area contributed by atoms with E-state index in [1.807, 2.05) is 0 Å². The van der Waals surface area contributed by atoms with Gasteiger partial charge in [0.15, 0.2) is 0 Å². The number of rotatable bonds is 3. The minimum atomic E-state index is -0.144. The lowest BCUT2D eigenvalue weighted by molar-refractivity contribution is 0.221. The minimum absolute atomic E-state index is 0.0862. The van der Waals surface area contributed by atoms with Crippen LogP contribution in [-0.4, -0.2) is 30.6 Å². The number of urea groups is 1. The highest BCUT2D eigenvalue weighted by Gasteiger charge is 2.20. The van der Waals surface area contributed by atoms with E-state index in [0.717, 1.165) is 0 Å². The molecule has 0 unspecified atom stereocenters. The van der Waals surface area contributed by atoms with E-state index in [2.05, 4.69) is 5.32 Å². The maximum Gasteiger partial charge on any atom is 0.317 e. The second-order valence-electron chi connectivity index (χ2n) is 3.17. The first kappa shape index (κ1) is 11.5. The largest absolute Gasteiger partial charge is 0.389 e. The van der Waals surface area contributed by atoms with Crippen molar-refractivity contribution in [3.05, 3.63) is 22.6 Å². The molecule has 0 bridgehead atoms. The Morgan fingerprint density at radius 2 is 2.20 bits per heavy atom. The molecule has 0 saturated carbocycles. The Labute approximate surface area is 92.7 Å². The average molecular weight is 232 g/mol. The van der Waals surface area contributed by atoms with E-state index in [4.69, 9.17) is 28.8 Å². The van der Waals surface area contributed by atoms with Crippen LogP contribution in [0.5, 0.6) is 0 Å². The number of halogens is 1. The summed E-state index contributed by atoms with van der Waals surface area (Å²) in [5, 5.41) is 2.75. The minimum Gasteiger partial charge on any atom is -0.389 e. The van der Waals surface area contributed by atoms with Crippen LogP contribution in [0.4, 0.5) is 4.79 Å². The van der Waals surface area contributed by atoms with Crippen LogP contribution in [0.3, 0.4) is 0 Å². The van der Waals surface area contributed by atoms with Crippen molar-refractivity contribution >= 4 is 17.6 Å². The van der Waals surface area contributed by atoms with Gasteiger partial charge in [0.25, 0.3) is 0 Å². The lowest BCUT2D eigenvalue weighted by Crippen LogP contribution is -2.30. The summed E-state index contributed by atoms with van der Waals surface area (Å²) < 4.78 is 0. The van der Waals surface area contributed by atoms with Crippen molar-refractivity contribution in [2.24, 2.45) is 17.2 Å². The SMILES string of the molecule is NC(N)=C/C(CN1CCNC1=O)=C(\N)Cl. The van der Waals surface area contributed by atoms with Gasteiger partial charge in [-0.05, 0) is 6.08 Å². The first-order valence-electron chi connectivity index (χ1n) is 4.40. The van der Waals surface area contributed by atoms with Crippen LogP contribution in [0.1, 0.15) is 0 Å². The van der Waals surface area contributed by atoms with Gasteiger partial charge in [0.2, 0.25) is 0 Å². The second kappa shape index (κ2) is 4.79. The molecule has 1 heterocycles. The van der Waals surface area contributed by atoms with E-state index < -0.39 is 0 Å². The maximum atomic E-state index is 11.2. The lowest BCUT2D eigenvalue weighted by Gasteiger charge is -2.15. The molecule has 2 amide bonds. The summed E-state index contributed by atoms with van der Waals surface area (Å²) in [7, 11) is 0. The van der Waals surface area contributed by atoms with Crippen LogP contribution in [0.2, 0.25) is 0 Å². The van der Waals surface area contributed by atoms with Gasteiger partial charge in [0.1, 0.15) is 5.16 Å². The molecule has 0 aromatic rings. The zero-order valence-corrected chi connectivity index (χ0v) is 8.92. The van der Waals surface area contributed by atoms with Crippen molar-refractivity contribution < 1.29 is 4.79 Å². The number of nitrogens with one attached hydrogen (secondary N) is 1. The second-order valence-corrected chi connectivity index (χ2v) is 3.58. The van der Waals surface area contributed by atoms with Gasteiger partial charge in [-0.3, -0.25) is 0 Å². The topological polar surface area (TPSA) is 110 Å². The molecule has 1 rings (SSSR count). The quantitative estimate of drug-likeness (QED) is 0.376. The van der Waals surface area contributed by atoms with Crippen LogP contribution in [0, 0.1) is 0 Å². The first-order chi connectivity index (χ1) is 7.00. The Hall–Kier alpha value is -1.56. The van der Waals surface area contributed by atoms with Crippen molar-refractivity contribution in [1.82, 2.24) is 10.2 Å². The van der Waals surface area contributed by atoms with E-state index in [-0.39, 0.29) is 17.0 Å². The third-order valence-electron chi connectivity index (χ3n) is 1.95. The van der Waals surface area contributed by atoms with Gasteiger partial charge in [0.05, 0.1) is 12.4 Å². The molecule has 1 aliphatic heterocycles. The van der Waals surface area contributed by atoms with Crippen molar-refractivity contribution in [2.75, 3.05) is 19.6 Å². The maximum absolute atomic E-state index is 11.2. The van der Waals surface area contributed by atoms with Crippen molar-refractivity contribution in [3.63, 3.8) is 0 Å². The zero-order valence-electron chi connectivity index (χ0n) is 8.16. The summed E-state index contributed by atoms with van der Waals surface area (Å²) in [6.07, 6.45) is 1.45. The van der Waals surface area contributed by atoms with E-state index in [1.165, 1.54) is 6.08 Å². The summed E-state index contributed by atoms with van der Waals surface area (Å²) in [4.78, 5) is 12.8. The molecule has 0 aromatic carbocycles. The molecule has 7 heteroatoms. The van der Waals surface area contributed by atoms with Crippen molar-refractivity contribution in [2.45, 2.75) is 0 Å². The molecule has 6 nitrogen and oxygen atoms in total. The Bertz CT molecular complexity index is 317. The summed E-state index contributed by atoms with van der Waals surface area (Å²) >= 11 is 5.66. The number of carbonyl (C=O) groups is 1. The molecule has 1 fully saturated rings. The molecule has 84 valence electrons. The molecule has 0 atom stereocenters. The Balaban J connectivity index is 2.72. The van der Waals surface area contributed by atoms with Gasteiger partial charge in [0, 0.05) is 18.7 Å². The monoisotopic (exact) mass is 231 g/mol. The molecule has 1 saturated heterocycles. The predicted octanol–water partition coefficient (Wildman–Crippen LogP) is -0.821. The van der Waals surface area contributed by atoms with E-state index in [1.54, 1.807) is 4.90 Å². The molecule has 0 aliphatic carbocycles. The fraction of sp³-hybridized carbons (Fsp3) is 0.375.